The Morgan fingerprint density at radius 1 is 1.27 bits per heavy atom. The van der Waals surface area contributed by atoms with Gasteiger partial charge in [0.2, 0.25) is 0 Å². The highest BCUT2D eigenvalue weighted by Crippen LogP contribution is 2.31. The second-order valence-corrected chi connectivity index (χ2v) is 2.95. The molecule has 0 saturated carbocycles. The number of phenolic OH excluding ortho intramolecular Hbond substituents is 1. The quantitative estimate of drug-likeness (QED) is 0.624. The van der Waals surface area contributed by atoms with E-state index in [0.717, 1.165) is 0 Å². The molecule has 0 atom stereocenters. The molecule has 3 nitrogen and oxygen atoms in total. The second-order valence-electron chi connectivity index (χ2n) is 2.09. The summed E-state index contributed by atoms with van der Waals surface area (Å²) in [5.74, 6) is -0.0241. The van der Waals surface area contributed by atoms with Crippen molar-refractivity contribution < 1.29 is 15.3 Å². The van der Waals surface area contributed by atoms with Gasteiger partial charge in [-0.3, -0.25) is 0 Å². The number of hydrogen-bond donors (Lipinski definition) is 3. The van der Waals surface area contributed by atoms with E-state index in [4.69, 9.17) is 10.2 Å². The molecule has 0 bridgehead atoms. The zero-order chi connectivity index (χ0) is 8.43. The summed E-state index contributed by atoms with van der Waals surface area (Å²) < 4.78 is 0.376. The van der Waals surface area contributed by atoms with Gasteiger partial charge in [0.05, 0.1) is 11.1 Å². The SMILES string of the molecule is OCc1cc(O)cc(Br)c1O. The van der Waals surface area contributed by atoms with Crippen LogP contribution in [0.3, 0.4) is 0 Å². The number of phenols is 2. The van der Waals surface area contributed by atoms with Gasteiger partial charge >= 0.3 is 0 Å². The van der Waals surface area contributed by atoms with Crippen molar-refractivity contribution in [3.05, 3.63) is 22.2 Å². The molecular weight excluding hydrogens is 212 g/mol. The van der Waals surface area contributed by atoms with Crippen molar-refractivity contribution in [3.63, 3.8) is 0 Å². The summed E-state index contributed by atoms with van der Waals surface area (Å²) in [5.41, 5.74) is 0.303. The number of aliphatic hydroxyl groups is 1. The molecule has 3 N–H and O–H groups in total. The molecule has 0 aliphatic heterocycles. The van der Waals surface area contributed by atoms with Gasteiger partial charge in [0.25, 0.3) is 0 Å². The maximum Gasteiger partial charge on any atom is 0.135 e. The Bertz CT molecular complexity index is 273. The highest BCUT2D eigenvalue weighted by molar-refractivity contribution is 9.10. The molecule has 1 aromatic carbocycles. The second kappa shape index (κ2) is 3.11. The van der Waals surface area contributed by atoms with E-state index in [-0.39, 0.29) is 18.1 Å². The lowest BCUT2D eigenvalue weighted by Gasteiger charge is -2.03. The molecule has 0 saturated heterocycles. The minimum Gasteiger partial charge on any atom is -0.508 e. The van der Waals surface area contributed by atoms with Gasteiger partial charge in [-0.25, -0.2) is 0 Å². The molecule has 0 amide bonds. The normalized spacial score (nSPS) is 10.0. The predicted molar refractivity (Wildman–Crippen MR) is 43.4 cm³/mol. The third-order valence-corrected chi connectivity index (χ3v) is 1.90. The van der Waals surface area contributed by atoms with Crippen molar-refractivity contribution in [2.45, 2.75) is 6.61 Å². The van der Waals surface area contributed by atoms with Crippen LogP contribution in [0.15, 0.2) is 16.6 Å². The van der Waals surface area contributed by atoms with Gasteiger partial charge in [-0.1, -0.05) is 0 Å². The fraction of sp³-hybridized carbons (Fsp3) is 0.143. The van der Waals surface area contributed by atoms with Crippen molar-refractivity contribution in [2.75, 3.05) is 0 Å². The molecule has 0 aliphatic carbocycles. The van der Waals surface area contributed by atoms with Gasteiger partial charge in [0.15, 0.2) is 0 Å². The van der Waals surface area contributed by atoms with Crippen LogP contribution in [0.2, 0.25) is 0 Å². The van der Waals surface area contributed by atoms with E-state index in [1.54, 1.807) is 0 Å². The first-order valence-corrected chi connectivity index (χ1v) is 3.75. The monoisotopic (exact) mass is 218 g/mol. The van der Waals surface area contributed by atoms with Gasteiger partial charge in [0.1, 0.15) is 11.5 Å². The van der Waals surface area contributed by atoms with Crippen LogP contribution in [0, 0.1) is 0 Å². The van der Waals surface area contributed by atoms with Crippen LogP contribution >= 0.6 is 15.9 Å². The van der Waals surface area contributed by atoms with E-state index in [1.165, 1.54) is 12.1 Å². The van der Waals surface area contributed by atoms with Crippen LogP contribution in [0.25, 0.3) is 0 Å². The Balaban J connectivity index is 3.24. The van der Waals surface area contributed by atoms with Crippen LogP contribution in [0.4, 0.5) is 0 Å². The summed E-state index contributed by atoms with van der Waals surface area (Å²) in [6, 6.07) is 2.66. The van der Waals surface area contributed by atoms with Crippen molar-refractivity contribution in [1.29, 1.82) is 0 Å². The van der Waals surface area contributed by atoms with Gasteiger partial charge < -0.3 is 15.3 Å². The number of rotatable bonds is 1. The molecule has 60 valence electrons. The highest BCUT2D eigenvalue weighted by atomic mass is 79.9. The van der Waals surface area contributed by atoms with Crippen molar-refractivity contribution in [2.24, 2.45) is 0 Å². The summed E-state index contributed by atoms with van der Waals surface area (Å²) in [7, 11) is 0. The Hall–Kier alpha value is -0.740. The average Bonchev–Trinajstić information content (AvgIpc) is 1.96. The van der Waals surface area contributed by atoms with Gasteiger partial charge in [-0.05, 0) is 28.1 Å². The zero-order valence-electron chi connectivity index (χ0n) is 5.58. The van der Waals surface area contributed by atoms with Crippen LogP contribution < -0.4 is 0 Å². The van der Waals surface area contributed by atoms with E-state index in [9.17, 15) is 5.11 Å². The van der Waals surface area contributed by atoms with Gasteiger partial charge in [0, 0.05) is 5.56 Å². The average molecular weight is 219 g/mol. The number of aliphatic hydroxyl groups excluding tert-OH is 1. The van der Waals surface area contributed by atoms with Crippen LogP contribution in [-0.4, -0.2) is 15.3 Å². The topological polar surface area (TPSA) is 60.7 Å². The molecule has 0 aliphatic rings. The molecule has 0 unspecified atom stereocenters. The summed E-state index contributed by atoms with van der Waals surface area (Å²) in [6.45, 7) is -0.293. The van der Waals surface area contributed by atoms with E-state index in [2.05, 4.69) is 15.9 Å². The fourth-order valence-corrected chi connectivity index (χ4v) is 1.25. The maximum absolute atomic E-state index is 9.20. The smallest absolute Gasteiger partial charge is 0.135 e. The molecule has 0 radical (unpaired) electrons. The largest absolute Gasteiger partial charge is 0.508 e. The zero-order valence-corrected chi connectivity index (χ0v) is 7.17. The molecule has 0 fully saturated rings. The maximum atomic E-state index is 9.20. The highest BCUT2D eigenvalue weighted by Gasteiger charge is 2.05. The minimum absolute atomic E-state index is 0.0127. The Morgan fingerprint density at radius 2 is 1.91 bits per heavy atom. The standard InChI is InChI=1S/C7H7BrO3/c8-6-2-5(10)1-4(3-9)7(6)11/h1-2,9-11H,3H2. The van der Waals surface area contributed by atoms with E-state index >= 15 is 0 Å². The molecular formula is C7H7BrO3. The van der Waals surface area contributed by atoms with E-state index < -0.39 is 0 Å². The third-order valence-electron chi connectivity index (χ3n) is 1.30. The summed E-state index contributed by atoms with van der Waals surface area (Å²) in [4.78, 5) is 0. The van der Waals surface area contributed by atoms with E-state index in [1.807, 2.05) is 0 Å². The molecule has 0 aromatic heterocycles. The first-order valence-electron chi connectivity index (χ1n) is 2.96. The minimum atomic E-state index is -0.293. The van der Waals surface area contributed by atoms with Crippen LogP contribution in [0.1, 0.15) is 5.56 Å². The predicted octanol–water partition coefficient (Wildman–Crippen LogP) is 1.35. The molecule has 4 heteroatoms. The van der Waals surface area contributed by atoms with Crippen LogP contribution in [0.5, 0.6) is 11.5 Å². The molecule has 1 rings (SSSR count). The fourth-order valence-electron chi connectivity index (χ4n) is 0.761. The Morgan fingerprint density at radius 3 is 2.45 bits per heavy atom. The van der Waals surface area contributed by atoms with Crippen molar-refractivity contribution >= 4 is 15.9 Å². The lowest BCUT2D eigenvalue weighted by Crippen LogP contribution is -1.84. The van der Waals surface area contributed by atoms with Crippen molar-refractivity contribution in [1.82, 2.24) is 0 Å². The van der Waals surface area contributed by atoms with E-state index in [0.29, 0.717) is 10.0 Å². The van der Waals surface area contributed by atoms with Crippen molar-refractivity contribution in [3.8, 4) is 11.5 Å². The molecule has 0 heterocycles. The van der Waals surface area contributed by atoms with Gasteiger partial charge in [-0.15, -0.1) is 0 Å². The summed E-state index contributed by atoms with van der Waals surface area (Å²) in [6.07, 6.45) is 0. The first kappa shape index (κ1) is 8.36. The lowest BCUT2D eigenvalue weighted by molar-refractivity contribution is 0.274. The van der Waals surface area contributed by atoms with Gasteiger partial charge in [-0.2, -0.15) is 0 Å². The number of aromatic hydroxyl groups is 2. The van der Waals surface area contributed by atoms with Crippen LogP contribution in [-0.2, 0) is 6.61 Å². The summed E-state index contributed by atoms with van der Waals surface area (Å²) >= 11 is 3.02. The first-order chi connectivity index (χ1) is 5.15. The Kier molecular flexibility index (Phi) is 2.36. The molecule has 1 aromatic rings. The molecule has 11 heavy (non-hydrogen) atoms. The number of benzene rings is 1. The number of hydrogen-bond acceptors (Lipinski definition) is 3. The molecule has 0 spiro atoms. The Labute approximate surface area is 72.0 Å². The number of halogens is 1. The third kappa shape index (κ3) is 1.64. The lowest BCUT2D eigenvalue weighted by atomic mass is 10.2. The summed E-state index contributed by atoms with van der Waals surface area (Å²) in [5, 5.41) is 26.9.